The third kappa shape index (κ3) is 1.70. The first-order valence-corrected chi connectivity index (χ1v) is 7.12. The molecule has 0 bridgehead atoms. The first kappa shape index (κ1) is 11.2. The van der Waals surface area contributed by atoms with Crippen molar-refractivity contribution in [2.45, 2.75) is 44.2 Å². The molecule has 1 saturated heterocycles. The van der Waals surface area contributed by atoms with E-state index in [1.807, 2.05) is 0 Å². The Balaban J connectivity index is 2.05. The number of morpholine rings is 1. The molecule has 1 aliphatic heterocycles. The molecule has 2 atom stereocenters. The highest BCUT2D eigenvalue weighted by molar-refractivity contribution is 7.08. The molecule has 2 aliphatic rings. The van der Waals surface area contributed by atoms with Crippen LogP contribution >= 0.6 is 11.3 Å². The van der Waals surface area contributed by atoms with E-state index >= 15 is 0 Å². The van der Waals surface area contributed by atoms with E-state index in [0.717, 1.165) is 19.3 Å². The minimum atomic E-state index is -0.252. The first-order valence-electron chi connectivity index (χ1n) is 6.18. The van der Waals surface area contributed by atoms with Crippen LogP contribution < -0.4 is 5.32 Å². The number of hydrogen-bond acceptors (Lipinski definition) is 3. The van der Waals surface area contributed by atoms with Crippen molar-refractivity contribution in [1.82, 2.24) is 5.32 Å². The number of fused-ring (bicyclic) bond motifs is 1. The normalized spacial score (nSPS) is 33.0. The number of amides is 1. The van der Waals surface area contributed by atoms with E-state index in [1.165, 1.54) is 17.5 Å². The lowest BCUT2D eigenvalue weighted by atomic mass is 9.73. The van der Waals surface area contributed by atoms with Crippen molar-refractivity contribution in [3.63, 3.8) is 0 Å². The van der Waals surface area contributed by atoms with Gasteiger partial charge in [-0.1, -0.05) is 12.8 Å². The van der Waals surface area contributed by atoms with Crippen LogP contribution in [0.1, 0.15) is 36.8 Å². The highest BCUT2D eigenvalue weighted by Gasteiger charge is 2.47. The number of ether oxygens (including phenoxy) is 1. The van der Waals surface area contributed by atoms with Gasteiger partial charge in [-0.15, -0.1) is 0 Å². The molecule has 4 heteroatoms. The lowest BCUT2D eigenvalue weighted by Gasteiger charge is -2.47. The number of carbonyl (C=O) groups is 1. The van der Waals surface area contributed by atoms with Crippen molar-refractivity contribution >= 4 is 17.2 Å². The smallest absolute Gasteiger partial charge is 0.246 e. The maximum absolute atomic E-state index is 11.7. The van der Waals surface area contributed by atoms with Gasteiger partial charge in [0.05, 0.1) is 11.6 Å². The minimum absolute atomic E-state index is 0.0220. The summed E-state index contributed by atoms with van der Waals surface area (Å²) >= 11 is 1.70. The molecule has 0 spiro atoms. The Hall–Kier alpha value is -0.870. The predicted octanol–water partition coefficient (Wildman–Crippen LogP) is 2.34. The van der Waals surface area contributed by atoms with E-state index in [2.05, 4.69) is 23.0 Å². The Morgan fingerprint density at radius 2 is 2.35 bits per heavy atom. The van der Waals surface area contributed by atoms with Crippen molar-refractivity contribution in [3.8, 4) is 0 Å². The quantitative estimate of drug-likeness (QED) is 0.832. The largest absolute Gasteiger partial charge is 0.366 e. The van der Waals surface area contributed by atoms with E-state index in [1.54, 1.807) is 11.3 Å². The second-order valence-corrected chi connectivity index (χ2v) is 5.78. The molecule has 1 aromatic rings. The van der Waals surface area contributed by atoms with E-state index in [0.29, 0.717) is 0 Å². The molecular weight excluding hydrogens is 234 g/mol. The van der Waals surface area contributed by atoms with Gasteiger partial charge in [-0.05, 0) is 41.7 Å². The molecule has 1 saturated carbocycles. The average Bonchev–Trinajstić information content (AvgIpc) is 2.75. The number of aryl methyl sites for hydroxylation is 1. The Labute approximate surface area is 105 Å². The molecule has 0 unspecified atom stereocenters. The molecule has 2 fully saturated rings. The molecular formula is C13H17NO2S. The standard InChI is InChI=1S/C13H17NO2S/c1-9-7-17-8-10(9)13-5-3-2-4-11(13)16-6-12(15)14-13/h7-8,11H,2-6H2,1H3,(H,14,15)/t11-,13-/m1/s1. The lowest BCUT2D eigenvalue weighted by molar-refractivity contribution is -0.148. The molecule has 3 rings (SSSR count). The highest BCUT2D eigenvalue weighted by atomic mass is 32.1. The van der Waals surface area contributed by atoms with Gasteiger partial charge in [-0.3, -0.25) is 4.79 Å². The second kappa shape index (κ2) is 4.10. The van der Waals surface area contributed by atoms with Gasteiger partial charge in [-0.2, -0.15) is 11.3 Å². The molecule has 1 aromatic heterocycles. The van der Waals surface area contributed by atoms with Gasteiger partial charge in [0.25, 0.3) is 0 Å². The third-order valence-electron chi connectivity index (χ3n) is 3.95. The lowest BCUT2D eigenvalue weighted by Crippen LogP contribution is -2.61. The fourth-order valence-corrected chi connectivity index (χ4v) is 4.10. The molecule has 1 N–H and O–H groups in total. The summed E-state index contributed by atoms with van der Waals surface area (Å²) in [4.78, 5) is 11.7. The van der Waals surface area contributed by atoms with Crippen LogP contribution in [-0.2, 0) is 15.1 Å². The number of rotatable bonds is 1. The van der Waals surface area contributed by atoms with Gasteiger partial charge < -0.3 is 10.1 Å². The Kier molecular flexibility index (Phi) is 2.71. The average molecular weight is 251 g/mol. The molecule has 92 valence electrons. The maximum Gasteiger partial charge on any atom is 0.246 e. The molecule has 2 heterocycles. The fourth-order valence-electron chi connectivity index (χ4n) is 3.16. The summed E-state index contributed by atoms with van der Waals surface area (Å²) in [5.41, 5.74) is 2.28. The minimum Gasteiger partial charge on any atom is -0.366 e. The van der Waals surface area contributed by atoms with Crippen LogP contribution in [0.3, 0.4) is 0 Å². The number of thiophene rings is 1. The van der Waals surface area contributed by atoms with Crippen LogP contribution in [0, 0.1) is 6.92 Å². The second-order valence-electron chi connectivity index (χ2n) is 5.03. The summed E-state index contributed by atoms with van der Waals surface area (Å²) in [7, 11) is 0. The van der Waals surface area contributed by atoms with Crippen molar-refractivity contribution < 1.29 is 9.53 Å². The summed E-state index contributed by atoms with van der Waals surface area (Å²) in [6.07, 6.45) is 4.57. The molecule has 1 amide bonds. The number of hydrogen-bond donors (Lipinski definition) is 1. The number of nitrogens with one attached hydrogen (secondary N) is 1. The van der Waals surface area contributed by atoms with Crippen molar-refractivity contribution in [3.05, 3.63) is 21.9 Å². The van der Waals surface area contributed by atoms with Crippen LogP contribution in [0.25, 0.3) is 0 Å². The fraction of sp³-hybridized carbons (Fsp3) is 0.615. The molecule has 0 aromatic carbocycles. The van der Waals surface area contributed by atoms with Crippen LogP contribution in [-0.4, -0.2) is 18.6 Å². The summed E-state index contributed by atoms with van der Waals surface area (Å²) in [6.45, 7) is 2.34. The SMILES string of the molecule is Cc1cscc1[C@]12CCCC[C@H]1OCC(=O)N2. The predicted molar refractivity (Wildman–Crippen MR) is 67.1 cm³/mol. The van der Waals surface area contributed by atoms with E-state index in [9.17, 15) is 4.79 Å². The topological polar surface area (TPSA) is 38.3 Å². The Morgan fingerprint density at radius 1 is 1.47 bits per heavy atom. The third-order valence-corrected chi connectivity index (χ3v) is 4.81. The monoisotopic (exact) mass is 251 g/mol. The highest BCUT2D eigenvalue weighted by Crippen LogP contribution is 2.42. The van der Waals surface area contributed by atoms with Gasteiger partial charge in [-0.25, -0.2) is 0 Å². The summed E-state index contributed by atoms with van der Waals surface area (Å²) in [6, 6.07) is 0. The van der Waals surface area contributed by atoms with Gasteiger partial charge >= 0.3 is 0 Å². The van der Waals surface area contributed by atoms with Crippen molar-refractivity contribution in [1.29, 1.82) is 0 Å². The van der Waals surface area contributed by atoms with Gasteiger partial charge in [0, 0.05) is 0 Å². The van der Waals surface area contributed by atoms with Gasteiger partial charge in [0.15, 0.2) is 0 Å². The zero-order chi connectivity index (χ0) is 11.9. The van der Waals surface area contributed by atoms with Crippen molar-refractivity contribution in [2.24, 2.45) is 0 Å². The zero-order valence-electron chi connectivity index (χ0n) is 9.99. The zero-order valence-corrected chi connectivity index (χ0v) is 10.8. The summed E-state index contributed by atoms with van der Waals surface area (Å²) < 4.78 is 5.77. The Morgan fingerprint density at radius 3 is 3.12 bits per heavy atom. The summed E-state index contributed by atoms with van der Waals surface area (Å²) in [5.74, 6) is 0.0220. The van der Waals surface area contributed by atoms with E-state index < -0.39 is 0 Å². The molecule has 17 heavy (non-hydrogen) atoms. The van der Waals surface area contributed by atoms with Crippen LogP contribution in [0.15, 0.2) is 10.8 Å². The Bertz CT molecular complexity index is 442. The molecule has 1 aliphatic carbocycles. The van der Waals surface area contributed by atoms with Crippen LogP contribution in [0.5, 0.6) is 0 Å². The molecule has 0 radical (unpaired) electrons. The van der Waals surface area contributed by atoms with Crippen molar-refractivity contribution in [2.75, 3.05) is 6.61 Å². The first-order chi connectivity index (χ1) is 8.22. The van der Waals surface area contributed by atoms with Crippen LogP contribution in [0.2, 0.25) is 0 Å². The van der Waals surface area contributed by atoms with E-state index in [4.69, 9.17) is 4.74 Å². The number of carbonyl (C=O) groups excluding carboxylic acids is 1. The van der Waals surface area contributed by atoms with Gasteiger partial charge in [0.1, 0.15) is 6.61 Å². The van der Waals surface area contributed by atoms with Crippen LogP contribution in [0.4, 0.5) is 0 Å². The maximum atomic E-state index is 11.7. The van der Waals surface area contributed by atoms with Gasteiger partial charge in [0.2, 0.25) is 5.91 Å². The molecule has 3 nitrogen and oxygen atoms in total. The summed E-state index contributed by atoms with van der Waals surface area (Å²) in [5, 5.41) is 7.54. The van der Waals surface area contributed by atoms with E-state index in [-0.39, 0.29) is 24.2 Å².